The molecule has 1 fully saturated rings. The summed E-state index contributed by atoms with van der Waals surface area (Å²) in [5, 5.41) is 3.70. The van der Waals surface area contributed by atoms with Crippen LogP contribution in [0.2, 0.25) is 10.0 Å². The molecule has 0 aliphatic carbocycles. The minimum atomic E-state index is -5.40. The standard InChI is InChI=1S/C38H42Cl2F3N3O7S/c1-22(2)31(17-23(3)21-54(51,52)45-35(49)38(41,42)43)46-33(24-9-13-27(39)14-10-24)30(26-7-6-8-28(40)18-26)19-37(4,36(46)50)20-32(47)44-29-15-11-25(12-16-29)34(48)53-5/h6-16,18,22-23,30-31,33H,17,19-21H2,1-5H3,(H,44,47)(H,45,49)/t23?,30-,31+,33-,37-/m1/s1. The summed E-state index contributed by atoms with van der Waals surface area (Å²) in [6.45, 7) is 6.89. The first-order chi connectivity index (χ1) is 25.1. The molecule has 2 N–H and O–H groups in total. The van der Waals surface area contributed by atoms with Crippen molar-refractivity contribution in [3.8, 4) is 0 Å². The van der Waals surface area contributed by atoms with E-state index in [0.29, 0.717) is 21.3 Å². The van der Waals surface area contributed by atoms with Crippen LogP contribution in [0.15, 0.2) is 72.8 Å². The van der Waals surface area contributed by atoms with Crippen LogP contribution >= 0.6 is 23.2 Å². The highest BCUT2D eigenvalue weighted by Gasteiger charge is 2.53. The van der Waals surface area contributed by atoms with E-state index in [1.165, 1.54) is 38.3 Å². The van der Waals surface area contributed by atoms with Gasteiger partial charge in [-0.1, -0.05) is 75.2 Å². The van der Waals surface area contributed by atoms with Gasteiger partial charge in [0, 0.05) is 34.1 Å². The number of nitrogens with one attached hydrogen (secondary N) is 2. The average Bonchev–Trinajstić information content (AvgIpc) is 3.07. The summed E-state index contributed by atoms with van der Waals surface area (Å²) in [6, 6.07) is 18.8. The Hall–Kier alpha value is -4.14. The molecule has 54 heavy (non-hydrogen) atoms. The van der Waals surface area contributed by atoms with Crippen LogP contribution in [0.1, 0.15) is 80.4 Å². The van der Waals surface area contributed by atoms with Gasteiger partial charge < -0.3 is 15.0 Å². The lowest BCUT2D eigenvalue weighted by Gasteiger charge is -2.53. The Bertz CT molecular complexity index is 1960. The van der Waals surface area contributed by atoms with E-state index < -0.39 is 75.0 Å². The Labute approximate surface area is 322 Å². The van der Waals surface area contributed by atoms with Crippen molar-refractivity contribution in [2.75, 3.05) is 18.2 Å². The third-order valence-corrected chi connectivity index (χ3v) is 11.5. The molecule has 0 spiro atoms. The van der Waals surface area contributed by atoms with E-state index in [1.54, 1.807) is 54.3 Å². The van der Waals surface area contributed by atoms with E-state index in [2.05, 4.69) is 5.32 Å². The summed E-state index contributed by atoms with van der Waals surface area (Å²) >= 11 is 12.8. The fraction of sp³-hybridized carbons (Fsp3) is 0.421. The number of amides is 3. The van der Waals surface area contributed by atoms with Crippen molar-refractivity contribution < 1.29 is 45.5 Å². The molecule has 0 bridgehead atoms. The summed E-state index contributed by atoms with van der Waals surface area (Å²) in [6.07, 6.45) is -5.44. The Morgan fingerprint density at radius 1 is 0.963 bits per heavy atom. The van der Waals surface area contributed by atoms with Gasteiger partial charge in [-0.05, 0) is 84.3 Å². The number of sulfonamides is 1. The molecule has 3 aromatic carbocycles. The van der Waals surface area contributed by atoms with Gasteiger partial charge in [-0.2, -0.15) is 13.2 Å². The molecule has 1 saturated heterocycles. The number of carbonyl (C=O) groups is 4. The number of halogens is 5. The summed E-state index contributed by atoms with van der Waals surface area (Å²) < 4.78 is 70.0. The van der Waals surface area contributed by atoms with Gasteiger partial charge in [-0.25, -0.2) is 17.9 Å². The van der Waals surface area contributed by atoms with Crippen LogP contribution in [0.3, 0.4) is 0 Å². The molecule has 1 aliphatic heterocycles. The SMILES string of the molecule is COC(=O)c1ccc(NC(=O)C[C@@]2(C)C[C@H](c3cccc(Cl)c3)[C@@H](c3ccc(Cl)cc3)N([C@@H](CC(C)CS(=O)(=O)NC(=O)C(F)(F)F)C(C)C)C2=O)cc1. The molecule has 0 aromatic heterocycles. The van der Waals surface area contributed by atoms with Gasteiger partial charge in [0.05, 0.1) is 29.9 Å². The number of carbonyl (C=O) groups excluding carboxylic acids is 4. The van der Waals surface area contributed by atoms with Gasteiger partial charge in [-0.15, -0.1) is 0 Å². The van der Waals surface area contributed by atoms with Crippen LogP contribution in [-0.2, 0) is 29.1 Å². The van der Waals surface area contributed by atoms with Gasteiger partial charge in [0.15, 0.2) is 0 Å². The fourth-order valence-corrected chi connectivity index (χ4v) is 8.77. The number of rotatable bonds is 13. The second-order valence-electron chi connectivity index (χ2n) is 14.3. The molecule has 10 nitrogen and oxygen atoms in total. The van der Waals surface area contributed by atoms with E-state index >= 15 is 4.79 Å². The third-order valence-electron chi connectivity index (χ3n) is 9.51. The number of hydrogen-bond acceptors (Lipinski definition) is 7. The normalized spacial score (nSPS) is 20.3. The molecule has 5 atom stereocenters. The molecular formula is C38H42Cl2F3N3O7S. The molecule has 1 unspecified atom stereocenters. The van der Waals surface area contributed by atoms with E-state index in [9.17, 15) is 36.0 Å². The molecular weight excluding hydrogens is 770 g/mol. The number of likely N-dealkylation sites (tertiary alicyclic amines) is 1. The summed E-state index contributed by atoms with van der Waals surface area (Å²) in [5.74, 6) is -6.44. The van der Waals surface area contributed by atoms with E-state index in [-0.39, 0.29) is 30.7 Å². The number of anilines is 1. The Balaban J connectivity index is 1.78. The molecule has 16 heteroatoms. The summed E-state index contributed by atoms with van der Waals surface area (Å²) in [4.78, 5) is 53.9. The molecule has 0 radical (unpaired) electrons. The van der Waals surface area contributed by atoms with Crippen LogP contribution < -0.4 is 10.0 Å². The maximum absolute atomic E-state index is 15.1. The molecule has 292 valence electrons. The molecule has 3 amide bonds. The lowest BCUT2D eigenvalue weighted by atomic mass is 9.66. The van der Waals surface area contributed by atoms with Gasteiger partial charge in [-0.3, -0.25) is 14.4 Å². The molecule has 3 aromatic rings. The number of benzene rings is 3. The quantitative estimate of drug-likeness (QED) is 0.167. The molecule has 1 heterocycles. The van der Waals surface area contributed by atoms with Crippen LogP contribution in [0.25, 0.3) is 0 Å². The third kappa shape index (κ3) is 10.5. The van der Waals surface area contributed by atoms with E-state index in [1.807, 2.05) is 19.9 Å². The maximum Gasteiger partial charge on any atom is 0.472 e. The highest BCUT2D eigenvalue weighted by molar-refractivity contribution is 7.90. The van der Waals surface area contributed by atoms with Crippen molar-refractivity contribution in [1.29, 1.82) is 0 Å². The lowest BCUT2D eigenvalue weighted by molar-refractivity contribution is -0.171. The number of ether oxygens (including phenoxy) is 1. The maximum atomic E-state index is 15.1. The smallest absolute Gasteiger partial charge is 0.465 e. The van der Waals surface area contributed by atoms with Gasteiger partial charge in [0.25, 0.3) is 0 Å². The van der Waals surface area contributed by atoms with Crippen molar-refractivity contribution in [3.63, 3.8) is 0 Å². The first-order valence-electron chi connectivity index (χ1n) is 17.1. The Morgan fingerprint density at radius 3 is 2.15 bits per heavy atom. The minimum Gasteiger partial charge on any atom is -0.465 e. The van der Waals surface area contributed by atoms with Gasteiger partial charge in [0.2, 0.25) is 21.8 Å². The van der Waals surface area contributed by atoms with E-state index in [4.69, 9.17) is 27.9 Å². The summed E-state index contributed by atoms with van der Waals surface area (Å²) in [5.41, 5.74) is 0.822. The zero-order valence-corrected chi connectivity index (χ0v) is 32.6. The van der Waals surface area contributed by atoms with Crippen molar-refractivity contribution in [2.45, 2.75) is 71.1 Å². The first-order valence-corrected chi connectivity index (χ1v) is 19.5. The molecule has 4 rings (SSSR count). The number of alkyl halides is 3. The highest BCUT2D eigenvalue weighted by Crippen LogP contribution is 2.53. The largest absolute Gasteiger partial charge is 0.472 e. The molecule has 1 aliphatic rings. The minimum absolute atomic E-state index is 0.0195. The zero-order valence-electron chi connectivity index (χ0n) is 30.2. The van der Waals surface area contributed by atoms with Crippen molar-refractivity contribution in [2.24, 2.45) is 17.3 Å². The summed E-state index contributed by atoms with van der Waals surface area (Å²) in [7, 11) is -3.46. The fourth-order valence-electron chi connectivity index (χ4n) is 7.08. The number of methoxy groups -OCH3 is 1. The lowest BCUT2D eigenvalue weighted by Crippen LogP contribution is -2.58. The average molecular weight is 813 g/mol. The number of esters is 1. The Kier molecular flexibility index (Phi) is 13.5. The number of piperidine rings is 1. The van der Waals surface area contributed by atoms with Gasteiger partial charge >= 0.3 is 18.1 Å². The van der Waals surface area contributed by atoms with Crippen molar-refractivity contribution in [1.82, 2.24) is 9.62 Å². The second-order valence-corrected chi connectivity index (χ2v) is 16.9. The predicted octanol–water partition coefficient (Wildman–Crippen LogP) is 7.93. The van der Waals surface area contributed by atoms with Crippen molar-refractivity contribution >= 4 is 62.6 Å². The predicted molar refractivity (Wildman–Crippen MR) is 199 cm³/mol. The zero-order chi connectivity index (χ0) is 40.2. The van der Waals surface area contributed by atoms with Crippen LogP contribution in [-0.4, -0.2) is 62.1 Å². The van der Waals surface area contributed by atoms with Crippen molar-refractivity contribution in [3.05, 3.63) is 99.5 Å². The molecule has 0 saturated carbocycles. The Morgan fingerprint density at radius 2 is 1.59 bits per heavy atom. The highest BCUT2D eigenvalue weighted by atomic mass is 35.5. The van der Waals surface area contributed by atoms with Crippen LogP contribution in [0, 0.1) is 17.3 Å². The topological polar surface area (TPSA) is 139 Å². The second kappa shape index (κ2) is 17.1. The van der Waals surface area contributed by atoms with Crippen LogP contribution in [0.5, 0.6) is 0 Å². The number of nitrogens with zero attached hydrogens (tertiary/aromatic N) is 1. The first kappa shape index (κ1) is 42.6. The monoisotopic (exact) mass is 811 g/mol. The van der Waals surface area contributed by atoms with E-state index in [0.717, 1.165) is 10.3 Å². The van der Waals surface area contributed by atoms with Crippen LogP contribution in [0.4, 0.5) is 18.9 Å². The van der Waals surface area contributed by atoms with Gasteiger partial charge in [0.1, 0.15) is 0 Å². The number of hydrogen-bond donors (Lipinski definition) is 2.